The van der Waals surface area contributed by atoms with Gasteiger partial charge < -0.3 is 4.90 Å². The van der Waals surface area contributed by atoms with Crippen LogP contribution >= 0.6 is 0 Å². The second-order valence-electron chi connectivity index (χ2n) is 16.6. The van der Waals surface area contributed by atoms with Crippen LogP contribution < -0.4 is 4.90 Å². The van der Waals surface area contributed by atoms with Gasteiger partial charge in [0.15, 0.2) is 0 Å². The van der Waals surface area contributed by atoms with Crippen molar-refractivity contribution in [3.05, 3.63) is 246 Å². The SMILES string of the molecule is CC1(C)c2ccccc2-c2ccc(-c3ccc(N(c4cc#ccc4-c4ccccc4)c4cccc5c4-c4ccccc4C5(C4=CC=CCC4)c4ccccc4)cc3)cc21. The van der Waals surface area contributed by atoms with E-state index in [1.807, 2.05) is 0 Å². The number of hydrogen-bond donors (Lipinski definition) is 0. The highest BCUT2D eigenvalue weighted by Gasteiger charge is 2.48. The Morgan fingerprint density at radius 2 is 1.15 bits per heavy atom. The predicted octanol–water partition coefficient (Wildman–Crippen LogP) is 15.0. The van der Waals surface area contributed by atoms with Crippen LogP contribution in [0.1, 0.15) is 54.5 Å². The molecule has 0 aliphatic heterocycles. The van der Waals surface area contributed by atoms with Gasteiger partial charge in [0.1, 0.15) is 0 Å². The minimum atomic E-state index is -0.427. The second-order valence-corrected chi connectivity index (χ2v) is 16.6. The molecule has 8 aromatic rings. The number of allylic oxidation sites excluding steroid dienone is 4. The van der Waals surface area contributed by atoms with Gasteiger partial charge in [-0.2, -0.15) is 0 Å². The van der Waals surface area contributed by atoms with E-state index in [1.165, 1.54) is 66.8 Å². The third kappa shape index (κ3) is 5.34. The normalized spacial score (nSPS) is 16.6. The van der Waals surface area contributed by atoms with Gasteiger partial charge in [0.2, 0.25) is 0 Å². The molecule has 1 atom stereocenters. The van der Waals surface area contributed by atoms with Crippen molar-refractivity contribution in [1.29, 1.82) is 0 Å². The van der Waals surface area contributed by atoms with Crippen molar-refractivity contribution >= 4 is 17.1 Å². The predicted molar refractivity (Wildman–Crippen MR) is 245 cm³/mol. The summed E-state index contributed by atoms with van der Waals surface area (Å²) < 4.78 is 0. The zero-order valence-electron chi connectivity index (χ0n) is 33.4. The summed E-state index contributed by atoms with van der Waals surface area (Å²) in [5, 5.41) is 0. The average Bonchev–Trinajstić information content (AvgIpc) is 3.74. The van der Waals surface area contributed by atoms with Gasteiger partial charge in [0.25, 0.3) is 0 Å². The summed E-state index contributed by atoms with van der Waals surface area (Å²) in [6, 6.07) is 73.9. The Hall–Kier alpha value is -7.14. The molecule has 0 spiro atoms. The summed E-state index contributed by atoms with van der Waals surface area (Å²) in [7, 11) is 0. The summed E-state index contributed by atoms with van der Waals surface area (Å²) in [5.41, 5.74) is 20.9. The summed E-state index contributed by atoms with van der Waals surface area (Å²) in [6.45, 7) is 4.71. The highest BCUT2D eigenvalue weighted by molar-refractivity contribution is 5.99. The molecule has 0 fully saturated rings. The fraction of sp³-hybridized carbons (Fsp3) is 0.103. The number of anilines is 3. The van der Waals surface area contributed by atoms with Gasteiger partial charge in [0, 0.05) is 28.3 Å². The average molecular weight is 754 g/mol. The molecule has 8 aromatic carbocycles. The van der Waals surface area contributed by atoms with Crippen molar-refractivity contribution in [2.75, 3.05) is 4.90 Å². The molecule has 1 unspecified atom stereocenters. The molecule has 280 valence electrons. The first-order chi connectivity index (χ1) is 29.0. The van der Waals surface area contributed by atoms with Gasteiger partial charge in [0.05, 0.1) is 16.8 Å². The van der Waals surface area contributed by atoms with E-state index in [0.717, 1.165) is 41.0 Å². The van der Waals surface area contributed by atoms with Crippen molar-refractivity contribution < 1.29 is 0 Å². The Labute approximate surface area is 348 Å². The number of hydrogen-bond acceptors (Lipinski definition) is 1. The Kier molecular flexibility index (Phi) is 8.18. The Morgan fingerprint density at radius 1 is 0.492 bits per heavy atom. The molecule has 0 radical (unpaired) electrons. The number of benzene rings is 7. The maximum atomic E-state index is 3.36. The van der Waals surface area contributed by atoms with Crippen LogP contribution in [0.4, 0.5) is 17.1 Å². The van der Waals surface area contributed by atoms with Gasteiger partial charge in [-0.25, -0.2) is 0 Å². The summed E-state index contributed by atoms with van der Waals surface area (Å²) in [5.74, 6) is 0. The fourth-order valence-corrected chi connectivity index (χ4v) is 10.4. The molecule has 3 aliphatic rings. The highest BCUT2D eigenvalue weighted by atomic mass is 15.1. The lowest BCUT2D eigenvalue weighted by Gasteiger charge is -2.37. The van der Waals surface area contributed by atoms with Crippen molar-refractivity contribution in [3.8, 4) is 44.5 Å². The quantitative estimate of drug-likeness (QED) is 0.157. The van der Waals surface area contributed by atoms with Crippen molar-refractivity contribution in [2.24, 2.45) is 0 Å². The van der Waals surface area contributed by atoms with E-state index in [4.69, 9.17) is 0 Å². The van der Waals surface area contributed by atoms with Crippen LogP contribution in [0.5, 0.6) is 0 Å². The molecule has 0 saturated carbocycles. The molecule has 11 rings (SSSR count). The maximum absolute atomic E-state index is 3.36. The zero-order valence-corrected chi connectivity index (χ0v) is 33.4. The maximum Gasteiger partial charge on any atom is 0.0677 e. The third-order valence-corrected chi connectivity index (χ3v) is 13.1. The topological polar surface area (TPSA) is 3.24 Å². The Morgan fingerprint density at radius 3 is 1.93 bits per heavy atom. The van der Waals surface area contributed by atoms with Gasteiger partial charge in [-0.05, 0) is 104 Å². The van der Waals surface area contributed by atoms with Gasteiger partial charge in [-0.1, -0.05) is 195 Å². The van der Waals surface area contributed by atoms with Crippen LogP contribution in [-0.4, -0.2) is 0 Å². The molecule has 0 bridgehead atoms. The smallest absolute Gasteiger partial charge is 0.0677 e. The molecular weight excluding hydrogens is 711 g/mol. The molecule has 3 aliphatic carbocycles. The third-order valence-electron chi connectivity index (χ3n) is 13.1. The van der Waals surface area contributed by atoms with Crippen LogP contribution in [0, 0.1) is 12.1 Å². The fourth-order valence-electron chi connectivity index (χ4n) is 10.4. The van der Waals surface area contributed by atoms with Gasteiger partial charge in [-0.15, -0.1) is 0 Å². The van der Waals surface area contributed by atoms with E-state index in [2.05, 4.69) is 231 Å². The first-order valence-electron chi connectivity index (χ1n) is 20.8. The highest BCUT2D eigenvalue weighted by Crippen LogP contribution is 2.61. The second kappa shape index (κ2) is 13.8. The molecule has 0 heterocycles. The number of fused-ring (bicyclic) bond motifs is 6. The lowest BCUT2D eigenvalue weighted by atomic mass is 9.65. The molecule has 0 saturated heterocycles. The van der Waals surface area contributed by atoms with E-state index in [9.17, 15) is 0 Å². The number of nitrogens with zero attached hydrogens (tertiary/aromatic N) is 1. The van der Waals surface area contributed by atoms with Crippen molar-refractivity contribution in [3.63, 3.8) is 0 Å². The lowest BCUT2D eigenvalue weighted by Crippen LogP contribution is -2.30. The molecule has 1 nitrogen and oxygen atoms in total. The summed E-state index contributed by atoms with van der Waals surface area (Å²) in [6.07, 6.45) is 8.96. The van der Waals surface area contributed by atoms with Crippen LogP contribution in [0.25, 0.3) is 44.5 Å². The molecule has 59 heavy (non-hydrogen) atoms. The van der Waals surface area contributed by atoms with E-state index in [1.54, 1.807) is 0 Å². The minimum Gasteiger partial charge on any atom is -0.309 e. The molecular formula is C58H43N. The van der Waals surface area contributed by atoms with Crippen LogP contribution in [-0.2, 0) is 10.8 Å². The first-order valence-corrected chi connectivity index (χ1v) is 20.8. The minimum absolute atomic E-state index is 0.0593. The largest absolute Gasteiger partial charge is 0.309 e. The molecule has 0 aromatic heterocycles. The summed E-state index contributed by atoms with van der Waals surface area (Å²) in [4.78, 5) is 2.46. The van der Waals surface area contributed by atoms with E-state index in [0.29, 0.717) is 0 Å². The van der Waals surface area contributed by atoms with E-state index >= 15 is 0 Å². The monoisotopic (exact) mass is 753 g/mol. The van der Waals surface area contributed by atoms with Crippen LogP contribution in [0.15, 0.2) is 206 Å². The lowest BCUT2D eigenvalue weighted by molar-refractivity contribution is 0.660. The summed E-state index contributed by atoms with van der Waals surface area (Å²) >= 11 is 0. The first kappa shape index (κ1) is 35.1. The van der Waals surface area contributed by atoms with Crippen LogP contribution in [0.3, 0.4) is 0 Å². The molecule has 0 N–H and O–H groups in total. The zero-order chi connectivity index (χ0) is 39.6. The number of rotatable bonds is 7. The Bertz CT molecular complexity index is 2950. The molecule has 1 heteroatoms. The van der Waals surface area contributed by atoms with Crippen molar-refractivity contribution in [2.45, 2.75) is 37.5 Å². The van der Waals surface area contributed by atoms with E-state index < -0.39 is 5.41 Å². The Balaban J connectivity index is 1.12. The van der Waals surface area contributed by atoms with E-state index in [-0.39, 0.29) is 5.41 Å². The van der Waals surface area contributed by atoms with Gasteiger partial charge in [-0.3, -0.25) is 0 Å². The van der Waals surface area contributed by atoms with Crippen molar-refractivity contribution in [1.82, 2.24) is 0 Å². The standard InChI is InChI=1S/C58H43N/c1-57(2)50-28-15-12-26-47(50)48-38-35-42(39-53(48)57)40-33-36-45(37-34-40)59(54-31-17-14-25-46(54)41-19-6-3-7-20-41)55-32-18-30-52-56(55)49-27-13-16-29-51(49)58(52,43-21-8-4-9-22-43)44-23-10-5-11-24-44/h3-10,12-13,15-16,18-23,25-39H,11,24H2,1-2H3. The molecule has 0 amide bonds. The van der Waals surface area contributed by atoms with Crippen LogP contribution in [0.2, 0.25) is 0 Å². The van der Waals surface area contributed by atoms with Gasteiger partial charge >= 0.3 is 0 Å².